The zero-order valence-corrected chi connectivity index (χ0v) is 24.1. The van der Waals surface area contributed by atoms with Gasteiger partial charge >= 0.3 is 23.9 Å². The molecular weight excluding hydrogens is 552 g/mol. The molecular formula is C24H36N4O11S. The summed E-state index contributed by atoms with van der Waals surface area (Å²) in [6, 6.07) is 0. The number of nitrogens with zero attached hydrogens (tertiary/aromatic N) is 4. The van der Waals surface area contributed by atoms with Crippen molar-refractivity contribution in [2.24, 2.45) is 0 Å². The molecule has 2 unspecified atom stereocenters. The van der Waals surface area contributed by atoms with Gasteiger partial charge in [0, 0.05) is 25.6 Å². The van der Waals surface area contributed by atoms with Gasteiger partial charge in [0.25, 0.3) is 11.8 Å². The van der Waals surface area contributed by atoms with Gasteiger partial charge in [0.2, 0.25) is 5.82 Å². The zero-order chi connectivity index (χ0) is 29.9. The Balaban J connectivity index is 2.17. The summed E-state index contributed by atoms with van der Waals surface area (Å²) >= 11 is 0.953. The van der Waals surface area contributed by atoms with Crippen LogP contribution in [0.4, 0.5) is 5.82 Å². The normalized spacial score (nSPS) is 15.0. The van der Waals surface area contributed by atoms with Gasteiger partial charge in [-0.05, 0) is 27.7 Å². The molecule has 1 aliphatic heterocycles. The first-order chi connectivity index (χ1) is 18.8. The zero-order valence-electron chi connectivity index (χ0n) is 23.2. The predicted molar refractivity (Wildman–Crippen MR) is 139 cm³/mol. The van der Waals surface area contributed by atoms with E-state index in [0.29, 0.717) is 32.1 Å². The molecule has 1 aromatic heterocycles. The summed E-state index contributed by atoms with van der Waals surface area (Å²) in [6.07, 6.45) is -3.06. The Kier molecular flexibility index (Phi) is 12.5. The number of hydrogen-bond donors (Lipinski definition) is 1. The molecule has 1 aromatic rings. The van der Waals surface area contributed by atoms with E-state index in [2.05, 4.69) is 8.75 Å². The number of esters is 3. The molecule has 1 fully saturated rings. The predicted octanol–water partition coefficient (Wildman–Crippen LogP) is 0.652. The quantitative estimate of drug-likeness (QED) is 0.236. The molecule has 16 heteroatoms. The number of amides is 1. The van der Waals surface area contributed by atoms with Crippen molar-refractivity contribution in [3.63, 3.8) is 0 Å². The summed E-state index contributed by atoms with van der Waals surface area (Å²) in [5.41, 5.74) is -0.808. The van der Waals surface area contributed by atoms with Crippen molar-refractivity contribution in [1.29, 1.82) is 0 Å². The molecule has 1 aliphatic rings. The highest BCUT2D eigenvalue weighted by atomic mass is 32.1. The van der Waals surface area contributed by atoms with Crippen molar-refractivity contribution in [3.8, 4) is 5.88 Å². The minimum absolute atomic E-state index is 0.169. The first-order valence-electron chi connectivity index (χ1n) is 12.6. The summed E-state index contributed by atoms with van der Waals surface area (Å²) in [7, 11) is 0. The molecule has 2 atom stereocenters. The molecule has 0 saturated carbocycles. The molecule has 1 amide bonds. The van der Waals surface area contributed by atoms with Gasteiger partial charge in [-0.15, -0.1) is 4.37 Å². The third-order valence-corrected chi connectivity index (χ3v) is 6.02. The van der Waals surface area contributed by atoms with E-state index in [4.69, 9.17) is 28.8 Å². The monoisotopic (exact) mass is 588 g/mol. The van der Waals surface area contributed by atoms with E-state index in [0.717, 1.165) is 18.7 Å². The van der Waals surface area contributed by atoms with Crippen molar-refractivity contribution < 1.29 is 52.8 Å². The summed E-state index contributed by atoms with van der Waals surface area (Å²) in [4.78, 5) is 62.9. The van der Waals surface area contributed by atoms with Crippen LogP contribution in [0.1, 0.15) is 47.5 Å². The van der Waals surface area contributed by atoms with Gasteiger partial charge in [-0.25, -0.2) is 4.79 Å². The maximum absolute atomic E-state index is 13.1. The van der Waals surface area contributed by atoms with Gasteiger partial charge in [-0.2, -0.15) is 4.37 Å². The van der Waals surface area contributed by atoms with E-state index in [1.54, 1.807) is 20.8 Å². The minimum Gasteiger partial charge on any atom is -0.481 e. The van der Waals surface area contributed by atoms with Crippen LogP contribution in [0.2, 0.25) is 0 Å². The van der Waals surface area contributed by atoms with Gasteiger partial charge in [-0.1, -0.05) is 0 Å². The lowest BCUT2D eigenvalue weighted by atomic mass is 10.1. The number of carbonyl (C=O) groups is 5. The second-order valence-corrected chi connectivity index (χ2v) is 10.4. The third kappa shape index (κ3) is 10.9. The van der Waals surface area contributed by atoms with Crippen LogP contribution in [0.25, 0.3) is 0 Å². The van der Waals surface area contributed by atoms with Crippen LogP contribution < -0.4 is 9.64 Å². The smallest absolute Gasteiger partial charge is 0.347 e. The van der Waals surface area contributed by atoms with Crippen molar-refractivity contribution in [2.75, 3.05) is 51.0 Å². The Bertz CT molecular complexity index is 1040. The number of aromatic nitrogens is 2. The molecule has 0 aliphatic carbocycles. The number of anilines is 1. The highest BCUT2D eigenvalue weighted by molar-refractivity contribution is 6.99. The van der Waals surface area contributed by atoms with E-state index >= 15 is 0 Å². The van der Waals surface area contributed by atoms with Crippen molar-refractivity contribution in [2.45, 2.75) is 65.2 Å². The minimum atomic E-state index is -1.21. The molecule has 0 radical (unpaired) electrons. The number of rotatable bonds is 14. The topological polar surface area (TPSA) is 184 Å². The van der Waals surface area contributed by atoms with Crippen LogP contribution in [0.3, 0.4) is 0 Å². The van der Waals surface area contributed by atoms with Crippen LogP contribution in [0, 0.1) is 0 Å². The molecule has 15 nitrogen and oxygen atoms in total. The first-order valence-corrected chi connectivity index (χ1v) is 13.3. The largest absolute Gasteiger partial charge is 0.481 e. The Labute approximate surface area is 236 Å². The maximum atomic E-state index is 13.1. The Morgan fingerprint density at radius 3 is 2.38 bits per heavy atom. The fourth-order valence-corrected chi connectivity index (χ4v) is 4.06. The lowest BCUT2D eigenvalue weighted by molar-refractivity contribution is -0.172. The van der Waals surface area contributed by atoms with E-state index in [1.165, 1.54) is 11.8 Å². The average Bonchev–Trinajstić information content (AvgIpc) is 3.35. The number of ether oxygens (including phenoxy) is 5. The van der Waals surface area contributed by atoms with Crippen molar-refractivity contribution in [3.05, 3.63) is 0 Å². The number of aliphatic carboxylic acids is 1. The maximum Gasteiger partial charge on any atom is 0.347 e. The lowest BCUT2D eigenvalue weighted by Gasteiger charge is -2.37. The standard InChI is InChI=1S/C24H36N4O11S/c1-15(38-16(2)29)23(34)39-17(13-37-22-21(25-40-26-22)27-8-10-35-11-9-27)12-28(24(3,4)5)18(30)14-36-20(33)7-6-19(31)32/h15,17H,6-14H2,1-5H3,(H,31,32). The molecule has 40 heavy (non-hydrogen) atoms. The van der Waals surface area contributed by atoms with Crippen LogP contribution >= 0.6 is 11.7 Å². The van der Waals surface area contributed by atoms with Crippen LogP contribution in [0.5, 0.6) is 5.88 Å². The highest BCUT2D eigenvalue weighted by Gasteiger charge is 2.33. The molecule has 0 aromatic carbocycles. The van der Waals surface area contributed by atoms with Crippen LogP contribution in [0.15, 0.2) is 0 Å². The number of carboxylic acid groups (broad SMARTS) is 1. The van der Waals surface area contributed by atoms with E-state index < -0.39 is 60.6 Å². The van der Waals surface area contributed by atoms with E-state index in [-0.39, 0.29) is 25.5 Å². The summed E-state index contributed by atoms with van der Waals surface area (Å²) in [6.45, 7) is 8.92. The molecule has 0 bridgehead atoms. The molecule has 1 saturated heterocycles. The summed E-state index contributed by atoms with van der Waals surface area (Å²) < 4.78 is 35.2. The Morgan fingerprint density at radius 1 is 1.10 bits per heavy atom. The van der Waals surface area contributed by atoms with Gasteiger partial charge in [-0.3, -0.25) is 19.2 Å². The molecule has 1 N–H and O–H groups in total. The number of hydrogen-bond acceptors (Lipinski definition) is 14. The number of carboxylic acids is 1. The van der Waals surface area contributed by atoms with E-state index in [9.17, 15) is 24.0 Å². The molecule has 2 rings (SSSR count). The fourth-order valence-electron chi connectivity index (χ4n) is 3.54. The van der Waals surface area contributed by atoms with Gasteiger partial charge in [0.15, 0.2) is 18.8 Å². The Morgan fingerprint density at radius 2 is 1.77 bits per heavy atom. The third-order valence-electron chi connectivity index (χ3n) is 5.51. The fraction of sp³-hybridized carbons (Fsp3) is 0.708. The molecule has 2 heterocycles. The van der Waals surface area contributed by atoms with Crippen molar-refractivity contribution in [1.82, 2.24) is 13.6 Å². The highest BCUT2D eigenvalue weighted by Crippen LogP contribution is 2.27. The summed E-state index contributed by atoms with van der Waals surface area (Å²) in [5.74, 6) is -3.38. The lowest BCUT2D eigenvalue weighted by Crippen LogP contribution is -2.52. The Hall–Kier alpha value is -3.53. The SMILES string of the molecule is CC(=O)OC(C)C(=O)OC(COc1nsnc1N1CCOCC1)CN(C(=O)COC(=O)CCC(=O)O)C(C)(C)C. The van der Waals surface area contributed by atoms with E-state index in [1.807, 2.05) is 4.90 Å². The number of morpholine rings is 1. The summed E-state index contributed by atoms with van der Waals surface area (Å²) in [5, 5.41) is 8.72. The first kappa shape index (κ1) is 32.7. The molecule has 224 valence electrons. The van der Waals surface area contributed by atoms with Gasteiger partial charge < -0.3 is 38.6 Å². The molecule has 0 spiro atoms. The van der Waals surface area contributed by atoms with Crippen LogP contribution in [-0.2, 0) is 42.9 Å². The second kappa shape index (κ2) is 15.3. The van der Waals surface area contributed by atoms with Crippen LogP contribution in [-0.4, -0.2) is 112 Å². The van der Waals surface area contributed by atoms with Crippen molar-refractivity contribution >= 4 is 47.3 Å². The second-order valence-electron chi connectivity index (χ2n) is 9.84. The number of carbonyl (C=O) groups excluding carboxylic acids is 4. The van der Waals surface area contributed by atoms with Gasteiger partial charge in [0.1, 0.15) is 6.61 Å². The van der Waals surface area contributed by atoms with Gasteiger partial charge in [0.05, 0.1) is 44.3 Å². The average molecular weight is 589 g/mol.